The van der Waals surface area contributed by atoms with E-state index in [4.69, 9.17) is 0 Å². The second kappa shape index (κ2) is 5.54. The molecule has 1 unspecified atom stereocenters. The third-order valence-electron chi connectivity index (χ3n) is 3.58. The Morgan fingerprint density at radius 1 is 0.947 bits per heavy atom. The largest absolute Gasteiger partial charge is 0.388 e. The van der Waals surface area contributed by atoms with Crippen LogP contribution in [0.25, 0.3) is 0 Å². The van der Waals surface area contributed by atoms with Crippen LogP contribution in [0.5, 0.6) is 0 Å². The van der Waals surface area contributed by atoms with Crippen LogP contribution in [0.15, 0.2) is 36.4 Å². The van der Waals surface area contributed by atoms with Gasteiger partial charge in [-0.3, -0.25) is 0 Å². The summed E-state index contributed by atoms with van der Waals surface area (Å²) in [4.78, 5) is 0. The molecular weight excluding hydrogens is 239 g/mol. The van der Waals surface area contributed by atoms with Gasteiger partial charge in [-0.2, -0.15) is 0 Å². The molecule has 0 aliphatic carbocycles. The monoisotopic (exact) mass is 258 g/mol. The Morgan fingerprint density at radius 2 is 1.53 bits per heavy atom. The molecule has 0 aromatic heterocycles. The fourth-order valence-corrected chi connectivity index (χ4v) is 2.30. The molecule has 0 amide bonds. The number of hydrogen-bond acceptors (Lipinski definition) is 1. The maximum Gasteiger partial charge on any atom is 0.123 e. The van der Waals surface area contributed by atoms with E-state index in [-0.39, 0.29) is 5.82 Å². The van der Waals surface area contributed by atoms with Crippen molar-refractivity contribution in [3.05, 3.63) is 70.0 Å². The van der Waals surface area contributed by atoms with E-state index < -0.39 is 6.10 Å². The standard InChI is InChI=1S/C17H19FO/c1-11-8-13(3)16(9-12(11)2)17(19)10-14-4-6-15(18)7-5-14/h4-9,17,19H,10H2,1-3H3. The van der Waals surface area contributed by atoms with Crippen molar-refractivity contribution in [1.29, 1.82) is 0 Å². The molecule has 0 heterocycles. The van der Waals surface area contributed by atoms with Gasteiger partial charge in [0.15, 0.2) is 0 Å². The van der Waals surface area contributed by atoms with Crippen molar-refractivity contribution in [3.8, 4) is 0 Å². The lowest BCUT2D eigenvalue weighted by Crippen LogP contribution is -2.05. The highest BCUT2D eigenvalue weighted by atomic mass is 19.1. The number of halogens is 1. The molecule has 0 fully saturated rings. The van der Waals surface area contributed by atoms with Crippen LogP contribution in [-0.2, 0) is 6.42 Å². The molecular formula is C17H19FO. The number of benzene rings is 2. The average Bonchev–Trinajstić information content (AvgIpc) is 2.36. The maximum atomic E-state index is 12.8. The molecule has 1 atom stereocenters. The third kappa shape index (κ3) is 3.21. The first-order chi connectivity index (χ1) is 8.97. The second-order valence-corrected chi connectivity index (χ2v) is 5.14. The smallest absolute Gasteiger partial charge is 0.123 e. The van der Waals surface area contributed by atoms with Crippen molar-refractivity contribution in [2.75, 3.05) is 0 Å². The van der Waals surface area contributed by atoms with Crippen LogP contribution >= 0.6 is 0 Å². The zero-order valence-corrected chi connectivity index (χ0v) is 11.6. The SMILES string of the molecule is Cc1cc(C)c(C(O)Cc2ccc(F)cc2)cc1C. The topological polar surface area (TPSA) is 20.2 Å². The summed E-state index contributed by atoms with van der Waals surface area (Å²) in [5.41, 5.74) is 5.39. The molecule has 0 aliphatic rings. The van der Waals surface area contributed by atoms with Crippen LogP contribution in [0.1, 0.15) is 33.9 Å². The summed E-state index contributed by atoms with van der Waals surface area (Å²) in [7, 11) is 0. The van der Waals surface area contributed by atoms with E-state index in [0.29, 0.717) is 6.42 Å². The normalized spacial score (nSPS) is 12.5. The fraction of sp³-hybridized carbons (Fsp3) is 0.294. The van der Waals surface area contributed by atoms with Crippen molar-refractivity contribution in [1.82, 2.24) is 0 Å². The van der Waals surface area contributed by atoms with Gasteiger partial charge in [0, 0.05) is 6.42 Å². The average molecular weight is 258 g/mol. The second-order valence-electron chi connectivity index (χ2n) is 5.14. The van der Waals surface area contributed by atoms with Crippen LogP contribution in [0.2, 0.25) is 0 Å². The molecule has 0 saturated carbocycles. The van der Waals surface area contributed by atoms with Gasteiger partial charge in [-0.15, -0.1) is 0 Å². The molecule has 2 aromatic rings. The first-order valence-corrected chi connectivity index (χ1v) is 6.47. The predicted octanol–water partition coefficient (Wildman–Crippen LogP) is 4.03. The summed E-state index contributed by atoms with van der Waals surface area (Å²) in [6.45, 7) is 6.12. The Morgan fingerprint density at radius 3 is 2.16 bits per heavy atom. The van der Waals surface area contributed by atoms with Gasteiger partial charge in [0.1, 0.15) is 5.82 Å². The molecule has 2 aromatic carbocycles. The fourth-order valence-electron chi connectivity index (χ4n) is 2.30. The molecule has 0 saturated heterocycles. The molecule has 1 N–H and O–H groups in total. The number of aryl methyl sites for hydroxylation is 3. The van der Waals surface area contributed by atoms with E-state index in [2.05, 4.69) is 13.0 Å². The van der Waals surface area contributed by atoms with Gasteiger partial charge in [-0.25, -0.2) is 4.39 Å². The van der Waals surface area contributed by atoms with E-state index >= 15 is 0 Å². The van der Waals surface area contributed by atoms with E-state index in [1.54, 1.807) is 12.1 Å². The highest BCUT2D eigenvalue weighted by molar-refractivity contribution is 5.38. The van der Waals surface area contributed by atoms with Gasteiger partial charge in [-0.05, 0) is 60.7 Å². The minimum Gasteiger partial charge on any atom is -0.388 e. The molecule has 2 heteroatoms. The Labute approximate surface area is 113 Å². The first-order valence-electron chi connectivity index (χ1n) is 6.47. The van der Waals surface area contributed by atoms with Gasteiger partial charge < -0.3 is 5.11 Å². The summed E-state index contributed by atoms with van der Waals surface area (Å²) in [6.07, 6.45) is -0.0476. The highest BCUT2D eigenvalue weighted by Crippen LogP contribution is 2.24. The van der Waals surface area contributed by atoms with Gasteiger partial charge in [0.05, 0.1) is 6.10 Å². The van der Waals surface area contributed by atoms with E-state index in [1.807, 2.05) is 19.9 Å². The summed E-state index contributed by atoms with van der Waals surface area (Å²) < 4.78 is 12.8. The minimum absolute atomic E-state index is 0.249. The Hall–Kier alpha value is -1.67. The Balaban J connectivity index is 2.22. The van der Waals surface area contributed by atoms with Gasteiger partial charge in [0.2, 0.25) is 0 Å². The lowest BCUT2D eigenvalue weighted by Gasteiger charge is -2.16. The van der Waals surface area contributed by atoms with Crippen LogP contribution in [-0.4, -0.2) is 5.11 Å². The molecule has 0 bridgehead atoms. The summed E-state index contributed by atoms with van der Waals surface area (Å²) in [5.74, 6) is -0.249. The molecule has 0 radical (unpaired) electrons. The van der Waals surface area contributed by atoms with Crippen LogP contribution in [0.4, 0.5) is 4.39 Å². The molecule has 19 heavy (non-hydrogen) atoms. The molecule has 0 spiro atoms. The van der Waals surface area contributed by atoms with Crippen molar-refractivity contribution < 1.29 is 9.50 Å². The highest BCUT2D eigenvalue weighted by Gasteiger charge is 2.12. The van der Waals surface area contributed by atoms with Crippen molar-refractivity contribution in [2.45, 2.75) is 33.3 Å². The number of hydrogen-bond donors (Lipinski definition) is 1. The van der Waals surface area contributed by atoms with Crippen molar-refractivity contribution in [2.24, 2.45) is 0 Å². The van der Waals surface area contributed by atoms with Gasteiger partial charge in [0.25, 0.3) is 0 Å². The van der Waals surface area contributed by atoms with Gasteiger partial charge >= 0.3 is 0 Å². The summed E-state index contributed by atoms with van der Waals surface area (Å²) >= 11 is 0. The third-order valence-corrected chi connectivity index (χ3v) is 3.58. The predicted molar refractivity (Wildman–Crippen MR) is 75.7 cm³/mol. The van der Waals surface area contributed by atoms with Crippen molar-refractivity contribution in [3.63, 3.8) is 0 Å². The lowest BCUT2D eigenvalue weighted by atomic mass is 9.94. The Kier molecular flexibility index (Phi) is 4.01. The molecule has 0 aliphatic heterocycles. The quantitative estimate of drug-likeness (QED) is 0.881. The van der Waals surface area contributed by atoms with Crippen molar-refractivity contribution >= 4 is 0 Å². The first kappa shape index (κ1) is 13.8. The molecule has 1 nitrogen and oxygen atoms in total. The number of aliphatic hydroxyl groups excluding tert-OH is 1. The van der Waals surface area contributed by atoms with Gasteiger partial charge in [-0.1, -0.05) is 24.3 Å². The minimum atomic E-state index is -0.551. The molecule has 100 valence electrons. The summed E-state index contributed by atoms with van der Waals surface area (Å²) in [5, 5.41) is 10.3. The zero-order chi connectivity index (χ0) is 14.0. The van der Waals surface area contributed by atoms with E-state index in [1.165, 1.54) is 23.3 Å². The van der Waals surface area contributed by atoms with Crippen LogP contribution < -0.4 is 0 Å². The van der Waals surface area contributed by atoms with Crippen LogP contribution in [0, 0.1) is 26.6 Å². The van der Waals surface area contributed by atoms with E-state index in [0.717, 1.165) is 16.7 Å². The molecule has 2 rings (SSSR count). The summed E-state index contributed by atoms with van der Waals surface area (Å²) in [6, 6.07) is 10.4. The van der Waals surface area contributed by atoms with E-state index in [9.17, 15) is 9.50 Å². The van der Waals surface area contributed by atoms with Crippen LogP contribution in [0.3, 0.4) is 0 Å². The maximum absolute atomic E-state index is 12.8. The number of rotatable bonds is 3. The lowest BCUT2D eigenvalue weighted by molar-refractivity contribution is 0.177. The number of aliphatic hydroxyl groups is 1. The Bertz CT molecular complexity index is 573. The zero-order valence-electron chi connectivity index (χ0n) is 11.6.